The number of nitrogens with zero attached hydrogens (tertiary/aromatic N) is 1. The number of carbonyl (C=O) groups excluding carboxylic acids is 2. The predicted octanol–water partition coefficient (Wildman–Crippen LogP) is 0.565. The number of hydrogen-bond donors (Lipinski definition) is 1. The Morgan fingerprint density at radius 2 is 1.91 bits per heavy atom. The summed E-state index contributed by atoms with van der Waals surface area (Å²) in [6.45, 7) is 3.45. The Balaban J connectivity index is 2.22. The summed E-state index contributed by atoms with van der Waals surface area (Å²) in [6.07, 6.45) is -0.183. The zero-order chi connectivity index (χ0) is 17.2. The lowest BCUT2D eigenvalue weighted by Crippen LogP contribution is -2.43. The largest absolute Gasteiger partial charge is 0.451 e. The minimum Gasteiger partial charge on any atom is -0.451 e. The Kier molecular flexibility index (Phi) is 5.06. The van der Waals surface area contributed by atoms with Gasteiger partial charge in [0.2, 0.25) is 10.0 Å². The Morgan fingerprint density at radius 3 is 2.48 bits per heavy atom. The molecule has 1 aliphatic rings. The summed E-state index contributed by atoms with van der Waals surface area (Å²) >= 11 is 0. The summed E-state index contributed by atoms with van der Waals surface area (Å²) in [5.41, 5.74) is 6.00. The average molecular weight is 340 g/mol. The average Bonchev–Trinajstić information content (AvgIpc) is 2.97. The van der Waals surface area contributed by atoms with Crippen LogP contribution < -0.4 is 5.73 Å². The van der Waals surface area contributed by atoms with Crippen molar-refractivity contribution in [2.75, 3.05) is 6.54 Å². The molecule has 1 saturated heterocycles. The highest BCUT2D eigenvalue weighted by molar-refractivity contribution is 7.89. The van der Waals surface area contributed by atoms with E-state index in [1.807, 2.05) is 6.92 Å². The summed E-state index contributed by atoms with van der Waals surface area (Å²) in [7, 11) is -3.79. The van der Waals surface area contributed by atoms with Crippen molar-refractivity contribution in [3.63, 3.8) is 0 Å². The van der Waals surface area contributed by atoms with Crippen molar-refractivity contribution in [3.05, 3.63) is 29.8 Å². The van der Waals surface area contributed by atoms with Crippen LogP contribution in [0.25, 0.3) is 0 Å². The molecule has 2 rings (SSSR count). The summed E-state index contributed by atoms with van der Waals surface area (Å²) in [6, 6.07) is 5.49. The molecule has 0 spiro atoms. The standard InChI is InChI=1S/C15H20N2O5S/c1-10-5-7-12(8-6-10)23(20,21)17-9-3-4-13(17)15(19)22-11(2)14(16)18/h5-8,11,13H,3-4,9H2,1-2H3,(H2,16,18)/t11-,13+/m1/s1. The van der Waals surface area contributed by atoms with E-state index in [4.69, 9.17) is 10.5 Å². The van der Waals surface area contributed by atoms with Gasteiger partial charge >= 0.3 is 5.97 Å². The summed E-state index contributed by atoms with van der Waals surface area (Å²) in [5.74, 6) is -1.52. The molecular formula is C15H20N2O5S. The molecule has 1 aromatic carbocycles. The number of aryl methyl sites for hydroxylation is 1. The van der Waals surface area contributed by atoms with Gasteiger partial charge in [-0.3, -0.25) is 9.59 Å². The van der Waals surface area contributed by atoms with Gasteiger partial charge in [-0.05, 0) is 38.8 Å². The van der Waals surface area contributed by atoms with Crippen LogP contribution in [0.4, 0.5) is 0 Å². The molecule has 23 heavy (non-hydrogen) atoms. The van der Waals surface area contributed by atoms with Gasteiger partial charge in [0, 0.05) is 6.54 Å². The van der Waals surface area contributed by atoms with Gasteiger partial charge in [0.05, 0.1) is 4.90 Å². The Hall–Kier alpha value is -1.93. The topological polar surface area (TPSA) is 107 Å². The van der Waals surface area contributed by atoms with Crippen LogP contribution in [0.2, 0.25) is 0 Å². The number of primary amides is 1. The van der Waals surface area contributed by atoms with E-state index in [9.17, 15) is 18.0 Å². The number of carbonyl (C=O) groups is 2. The summed E-state index contributed by atoms with van der Waals surface area (Å²) < 4.78 is 31.5. The molecule has 1 heterocycles. The van der Waals surface area contributed by atoms with E-state index in [-0.39, 0.29) is 11.4 Å². The van der Waals surface area contributed by atoms with Crippen LogP contribution in [0, 0.1) is 6.92 Å². The molecule has 2 N–H and O–H groups in total. The van der Waals surface area contributed by atoms with Crippen molar-refractivity contribution in [2.45, 2.75) is 43.7 Å². The normalized spacial score (nSPS) is 20.2. The molecule has 126 valence electrons. The number of amides is 1. The fraction of sp³-hybridized carbons (Fsp3) is 0.467. The maximum absolute atomic E-state index is 12.7. The molecule has 1 aliphatic heterocycles. The lowest BCUT2D eigenvalue weighted by atomic mass is 10.2. The molecule has 0 aliphatic carbocycles. The molecule has 0 aromatic heterocycles. The SMILES string of the molecule is Cc1ccc(S(=O)(=O)N2CCC[C@H]2C(=O)O[C@H](C)C(N)=O)cc1. The Bertz CT molecular complexity index is 699. The minimum atomic E-state index is -3.79. The van der Waals surface area contributed by atoms with Gasteiger partial charge in [-0.25, -0.2) is 8.42 Å². The van der Waals surface area contributed by atoms with Crippen LogP contribution in [0.15, 0.2) is 29.2 Å². The van der Waals surface area contributed by atoms with Gasteiger partial charge < -0.3 is 10.5 Å². The third-order valence-corrected chi connectivity index (χ3v) is 5.72. The Labute approximate surface area is 135 Å². The summed E-state index contributed by atoms with van der Waals surface area (Å²) in [5, 5.41) is 0. The van der Waals surface area contributed by atoms with Crippen molar-refractivity contribution < 1.29 is 22.7 Å². The zero-order valence-corrected chi connectivity index (χ0v) is 13.9. The van der Waals surface area contributed by atoms with Crippen molar-refractivity contribution in [1.29, 1.82) is 0 Å². The van der Waals surface area contributed by atoms with Gasteiger partial charge in [-0.2, -0.15) is 4.31 Å². The van der Waals surface area contributed by atoms with Gasteiger partial charge in [-0.1, -0.05) is 17.7 Å². The second-order valence-corrected chi connectivity index (χ2v) is 7.46. The smallest absolute Gasteiger partial charge is 0.325 e. The summed E-state index contributed by atoms with van der Waals surface area (Å²) in [4.78, 5) is 23.3. The van der Waals surface area contributed by atoms with E-state index >= 15 is 0 Å². The van der Waals surface area contributed by atoms with Crippen molar-refractivity contribution in [2.24, 2.45) is 5.73 Å². The van der Waals surface area contributed by atoms with Gasteiger partial charge in [0.15, 0.2) is 6.10 Å². The minimum absolute atomic E-state index is 0.130. The van der Waals surface area contributed by atoms with Crippen LogP contribution in [-0.2, 0) is 24.3 Å². The van der Waals surface area contributed by atoms with Gasteiger partial charge in [0.25, 0.3) is 5.91 Å². The van der Waals surface area contributed by atoms with Gasteiger partial charge in [-0.15, -0.1) is 0 Å². The van der Waals surface area contributed by atoms with E-state index in [2.05, 4.69) is 0 Å². The molecule has 1 aromatic rings. The zero-order valence-electron chi connectivity index (χ0n) is 13.1. The number of benzene rings is 1. The number of ether oxygens (including phenoxy) is 1. The first-order valence-electron chi connectivity index (χ1n) is 7.32. The predicted molar refractivity (Wildman–Crippen MR) is 82.8 cm³/mol. The number of sulfonamides is 1. The third-order valence-electron chi connectivity index (χ3n) is 3.80. The first-order chi connectivity index (χ1) is 10.7. The van der Waals surface area contributed by atoms with Crippen LogP contribution in [0.5, 0.6) is 0 Å². The highest BCUT2D eigenvalue weighted by Gasteiger charge is 2.41. The highest BCUT2D eigenvalue weighted by atomic mass is 32.2. The van der Waals surface area contributed by atoms with Crippen LogP contribution in [0.1, 0.15) is 25.3 Å². The molecule has 0 radical (unpaired) electrons. The maximum atomic E-state index is 12.7. The maximum Gasteiger partial charge on any atom is 0.325 e. The number of nitrogens with two attached hydrogens (primary N) is 1. The van der Waals surface area contributed by atoms with E-state index in [0.29, 0.717) is 12.8 Å². The number of hydrogen-bond acceptors (Lipinski definition) is 5. The lowest BCUT2D eigenvalue weighted by Gasteiger charge is -2.23. The fourth-order valence-corrected chi connectivity index (χ4v) is 4.07. The van der Waals surface area contributed by atoms with Gasteiger partial charge in [0.1, 0.15) is 6.04 Å². The molecule has 0 unspecified atom stereocenters. The van der Waals surface area contributed by atoms with Crippen LogP contribution >= 0.6 is 0 Å². The Morgan fingerprint density at radius 1 is 1.30 bits per heavy atom. The monoisotopic (exact) mass is 340 g/mol. The number of esters is 1. The van der Waals surface area contributed by atoms with Crippen molar-refractivity contribution in [1.82, 2.24) is 4.31 Å². The molecular weight excluding hydrogens is 320 g/mol. The van der Waals surface area contributed by atoms with Crippen LogP contribution in [-0.4, -0.2) is 43.3 Å². The third kappa shape index (κ3) is 3.70. The van der Waals surface area contributed by atoms with E-state index in [1.165, 1.54) is 19.1 Å². The quantitative estimate of drug-likeness (QED) is 0.788. The molecule has 0 bridgehead atoms. The second kappa shape index (κ2) is 6.67. The number of rotatable bonds is 5. The molecule has 7 nitrogen and oxygen atoms in total. The molecule has 0 saturated carbocycles. The van der Waals surface area contributed by atoms with E-state index < -0.39 is 34.0 Å². The van der Waals surface area contributed by atoms with E-state index in [0.717, 1.165) is 9.87 Å². The fourth-order valence-electron chi connectivity index (χ4n) is 2.42. The lowest BCUT2D eigenvalue weighted by molar-refractivity contribution is -0.156. The van der Waals surface area contributed by atoms with Crippen molar-refractivity contribution in [3.8, 4) is 0 Å². The van der Waals surface area contributed by atoms with E-state index in [1.54, 1.807) is 12.1 Å². The highest BCUT2D eigenvalue weighted by Crippen LogP contribution is 2.27. The molecule has 8 heteroatoms. The molecule has 2 atom stereocenters. The molecule has 1 amide bonds. The second-order valence-electron chi connectivity index (χ2n) is 5.57. The first kappa shape index (κ1) is 17.4. The first-order valence-corrected chi connectivity index (χ1v) is 8.76. The molecule has 1 fully saturated rings. The van der Waals surface area contributed by atoms with Crippen LogP contribution in [0.3, 0.4) is 0 Å². The van der Waals surface area contributed by atoms with Crippen molar-refractivity contribution >= 4 is 21.9 Å².